The molecule has 0 aliphatic carbocycles. The van der Waals surface area contributed by atoms with Crippen LogP contribution in [0, 0.1) is 0 Å². The van der Waals surface area contributed by atoms with Gasteiger partial charge < -0.3 is 23.7 Å². The van der Waals surface area contributed by atoms with E-state index in [0.29, 0.717) is 18.9 Å². The highest BCUT2D eigenvalue weighted by molar-refractivity contribution is 6.63. The summed E-state index contributed by atoms with van der Waals surface area (Å²) in [5.41, 5.74) is -0.505. The Morgan fingerprint density at radius 2 is 1.67 bits per heavy atom. The average molecular weight is 377 g/mol. The lowest BCUT2D eigenvalue weighted by atomic mass is 9.78. The maximum Gasteiger partial charge on any atom is 0.498 e. The zero-order chi connectivity index (χ0) is 20.5. The maximum atomic E-state index is 12.0. The number of amides is 1. The Morgan fingerprint density at radius 1 is 1.11 bits per heavy atom. The van der Waals surface area contributed by atoms with Crippen LogP contribution in [0.5, 0.6) is 5.75 Å². The van der Waals surface area contributed by atoms with Gasteiger partial charge in [0.05, 0.1) is 17.7 Å². The molecule has 1 aliphatic heterocycles. The van der Waals surface area contributed by atoms with E-state index >= 15 is 0 Å². The van der Waals surface area contributed by atoms with Crippen molar-refractivity contribution >= 4 is 18.7 Å². The average Bonchev–Trinajstić information content (AvgIpc) is 2.74. The summed E-state index contributed by atoms with van der Waals surface area (Å²) in [5.74, 6) is 0.689. The normalized spacial score (nSPS) is 18.3. The molecular formula is C20H32BNO5. The van der Waals surface area contributed by atoms with E-state index in [0.717, 1.165) is 5.46 Å². The zero-order valence-electron chi connectivity index (χ0n) is 17.8. The summed E-state index contributed by atoms with van der Waals surface area (Å²) < 4.78 is 23.5. The van der Waals surface area contributed by atoms with E-state index in [9.17, 15) is 4.79 Å². The predicted molar refractivity (Wildman–Crippen MR) is 107 cm³/mol. The quantitative estimate of drug-likeness (QED) is 0.738. The lowest BCUT2D eigenvalue weighted by Crippen LogP contribution is -2.41. The van der Waals surface area contributed by atoms with Crippen molar-refractivity contribution in [3.8, 4) is 5.75 Å². The summed E-state index contributed by atoms with van der Waals surface area (Å²) in [4.78, 5) is 13.5. The lowest BCUT2D eigenvalue weighted by Gasteiger charge is -2.32. The van der Waals surface area contributed by atoms with Gasteiger partial charge in [0.25, 0.3) is 0 Å². The molecule has 7 heteroatoms. The van der Waals surface area contributed by atoms with Gasteiger partial charge >= 0.3 is 13.2 Å². The summed E-state index contributed by atoms with van der Waals surface area (Å²) in [6.07, 6.45) is -0.370. The predicted octanol–water partition coefficient (Wildman–Crippen LogP) is 3.23. The van der Waals surface area contributed by atoms with Crippen LogP contribution in [-0.2, 0) is 14.0 Å². The minimum Gasteiger partial charge on any atom is -0.492 e. The lowest BCUT2D eigenvalue weighted by molar-refractivity contribution is 0.00578. The Balaban J connectivity index is 1.98. The number of nitrogens with zero attached hydrogens (tertiary/aromatic N) is 1. The second-order valence-electron chi connectivity index (χ2n) is 8.88. The number of para-hydroxylation sites is 1. The molecule has 0 N–H and O–H groups in total. The van der Waals surface area contributed by atoms with Gasteiger partial charge in [-0.25, -0.2) is 4.79 Å². The number of hydrogen-bond donors (Lipinski definition) is 0. The Hall–Kier alpha value is -1.73. The van der Waals surface area contributed by atoms with Gasteiger partial charge in [-0.15, -0.1) is 0 Å². The second kappa shape index (κ2) is 7.72. The van der Waals surface area contributed by atoms with E-state index in [1.807, 2.05) is 72.7 Å². The number of rotatable bonds is 5. The van der Waals surface area contributed by atoms with Crippen LogP contribution in [0.4, 0.5) is 4.79 Å². The highest BCUT2D eigenvalue weighted by Crippen LogP contribution is 2.37. The maximum absolute atomic E-state index is 12.0. The van der Waals surface area contributed by atoms with Crippen molar-refractivity contribution in [2.45, 2.75) is 65.3 Å². The third kappa shape index (κ3) is 5.39. The molecule has 0 aromatic heterocycles. The van der Waals surface area contributed by atoms with Crippen molar-refractivity contribution in [3.05, 3.63) is 24.3 Å². The van der Waals surface area contributed by atoms with Gasteiger partial charge in [0.15, 0.2) is 0 Å². The molecule has 0 saturated carbocycles. The van der Waals surface area contributed by atoms with Crippen LogP contribution in [0.2, 0.25) is 0 Å². The molecule has 0 spiro atoms. The zero-order valence-corrected chi connectivity index (χ0v) is 17.8. The van der Waals surface area contributed by atoms with Gasteiger partial charge in [0.1, 0.15) is 18.0 Å². The largest absolute Gasteiger partial charge is 0.498 e. The minimum absolute atomic E-state index is 0.340. The van der Waals surface area contributed by atoms with Crippen LogP contribution in [0.15, 0.2) is 24.3 Å². The van der Waals surface area contributed by atoms with Crippen LogP contribution >= 0.6 is 0 Å². The van der Waals surface area contributed by atoms with Gasteiger partial charge in [-0.05, 0) is 54.5 Å². The van der Waals surface area contributed by atoms with Gasteiger partial charge in [-0.1, -0.05) is 18.2 Å². The SMILES string of the molecule is CN(CCOc1ccccc1B1OC(C)(C)C(C)(C)O1)C(=O)OC(C)(C)C. The Morgan fingerprint density at radius 3 is 2.22 bits per heavy atom. The molecule has 1 heterocycles. The molecule has 1 aromatic rings. The molecule has 0 radical (unpaired) electrons. The molecule has 0 atom stereocenters. The second-order valence-corrected chi connectivity index (χ2v) is 8.88. The van der Waals surface area contributed by atoms with E-state index in [1.54, 1.807) is 7.05 Å². The first kappa shape index (κ1) is 21.6. The Labute approximate surface area is 163 Å². The standard InChI is InChI=1S/C20H32BNO5/c1-18(2,3)25-17(23)22(8)13-14-24-16-12-10-9-11-15(16)21-26-19(4,5)20(6,7)27-21/h9-12H,13-14H2,1-8H3. The monoisotopic (exact) mass is 377 g/mol. The van der Waals surface area contributed by atoms with Crippen molar-refractivity contribution in [2.75, 3.05) is 20.2 Å². The molecule has 27 heavy (non-hydrogen) atoms. The van der Waals surface area contributed by atoms with Crippen molar-refractivity contribution in [1.29, 1.82) is 0 Å². The highest BCUT2D eigenvalue weighted by Gasteiger charge is 2.52. The van der Waals surface area contributed by atoms with Gasteiger partial charge in [0, 0.05) is 12.5 Å². The third-order valence-electron chi connectivity index (χ3n) is 4.82. The van der Waals surface area contributed by atoms with E-state index in [1.165, 1.54) is 4.90 Å². The van der Waals surface area contributed by atoms with Crippen molar-refractivity contribution < 1.29 is 23.6 Å². The van der Waals surface area contributed by atoms with E-state index < -0.39 is 23.9 Å². The van der Waals surface area contributed by atoms with E-state index in [2.05, 4.69) is 0 Å². The summed E-state index contributed by atoms with van der Waals surface area (Å²) in [6.45, 7) is 14.4. The Kier molecular flexibility index (Phi) is 6.17. The van der Waals surface area contributed by atoms with Crippen molar-refractivity contribution in [1.82, 2.24) is 4.90 Å². The smallest absolute Gasteiger partial charge is 0.492 e. The molecule has 1 fully saturated rings. The number of likely N-dealkylation sites (N-methyl/N-ethyl adjacent to an activating group) is 1. The van der Waals surface area contributed by atoms with Crippen LogP contribution in [0.3, 0.4) is 0 Å². The van der Waals surface area contributed by atoms with Gasteiger partial charge in [-0.2, -0.15) is 0 Å². The summed E-state index contributed by atoms with van der Waals surface area (Å²) in [7, 11) is 1.20. The van der Waals surface area contributed by atoms with Crippen LogP contribution < -0.4 is 10.2 Å². The first-order valence-corrected chi connectivity index (χ1v) is 9.34. The molecule has 150 valence electrons. The number of ether oxygens (including phenoxy) is 2. The number of hydrogen-bond acceptors (Lipinski definition) is 5. The van der Waals surface area contributed by atoms with Crippen molar-refractivity contribution in [2.24, 2.45) is 0 Å². The number of carbonyl (C=O) groups excluding carboxylic acids is 1. The fourth-order valence-corrected chi connectivity index (χ4v) is 2.50. The van der Waals surface area contributed by atoms with Crippen LogP contribution in [-0.4, -0.2) is 55.1 Å². The number of carbonyl (C=O) groups is 1. The van der Waals surface area contributed by atoms with E-state index in [-0.39, 0.29) is 6.09 Å². The van der Waals surface area contributed by atoms with Crippen molar-refractivity contribution in [3.63, 3.8) is 0 Å². The first-order chi connectivity index (χ1) is 12.3. The molecule has 6 nitrogen and oxygen atoms in total. The summed E-state index contributed by atoms with van der Waals surface area (Å²) in [6, 6.07) is 7.66. The van der Waals surface area contributed by atoms with Crippen LogP contribution in [0.1, 0.15) is 48.5 Å². The summed E-state index contributed by atoms with van der Waals surface area (Å²) >= 11 is 0. The van der Waals surface area contributed by atoms with Gasteiger partial charge in [-0.3, -0.25) is 0 Å². The highest BCUT2D eigenvalue weighted by atomic mass is 16.7. The topological polar surface area (TPSA) is 57.2 Å². The first-order valence-electron chi connectivity index (χ1n) is 9.34. The molecule has 0 bridgehead atoms. The molecule has 1 saturated heterocycles. The fourth-order valence-electron chi connectivity index (χ4n) is 2.50. The fraction of sp³-hybridized carbons (Fsp3) is 0.650. The Bertz CT molecular complexity index is 653. The molecule has 1 aromatic carbocycles. The summed E-state index contributed by atoms with van der Waals surface area (Å²) in [5, 5.41) is 0. The van der Waals surface area contributed by atoms with Gasteiger partial charge in [0.2, 0.25) is 0 Å². The molecule has 0 unspecified atom stereocenters. The molecule has 1 amide bonds. The minimum atomic E-state index is -0.518. The molecule has 1 aliphatic rings. The van der Waals surface area contributed by atoms with Crippen LogP contribution in [0.25, 0.3) is 0 Å². The van der Waals surface area contributed by atoms with E-state index in [4.69, 9.17) is 18.8 Å². The molecule has 2 rings (SSSR count). The number of benzene rings is 1. The molecular weight excluding hydrogens is 345 g/mol. The third-order valence-corrected chi connectivity index (χ3v) is 4.82.